The highest BCUT2D eigenvalue weighted by Crippen LogP contribution is 2.30. The van der Waals surface area contributed by atoms with Crippen molar-refractivity contribution in [3.63, 3.8) is 0 Å². The van der Waals surface area contributed by atoms with Crippen LogP contribution in [0.1, 0.15) is 23.6 Å². The molecule has 1 aliphatic heterocycles. The Labute approximate surface area is 186 Å². The Hall–Kier alpha value is -3.87. The summed E-state index contributed by atoms with van der Waals surface area (Å²) < 4.78 is 5.46. The lowest BCUT2D eigenvalue weighted by Gasteiger charge is -2.22. The number of methoxy groups -OCH3 is 1. The number of aryl methyl sites for hydroxylation is 1. The SMILES string of the molecule is COc1ccc2ccccc2c1CNC(=O)CN1C(=O)NC(C)(c2ccc(C)cc2)C1=O. The third-order valence-corrected chi connectivity index (χ3v) is 5.89. The average Bonchev–Trinajstić information content (AvgIpc) is 3.01. The van der Waals surface area contributed by atoms with E-state index in [-0.39, 0.29) is 13.1 Å². The summed E-state index contributed by atoms with van der Waals surface area (Å²) in [6.45, 7) is 3.45. The molecule has 0 aromatic heterocycles. The topological polar surface area (TPSA) is 87.7 Å². The van der Waals surface area contributed by atoms with Gasteiger partial charge in [0.1, 0.15) is 17.8 Å². The Kier molecular flexibility index (Phi) is 5.57. The quantitative estimate of drug-likeness (QED) is 0.587. The molecular weight excluding hydrogens is 406 g/mol. The standard InChI is InChI=1S/C25H25N3O4/c1-16-8-11-18(12-9-16)25(2)23(30)28(24(31)27-25)15-22(29)26-14-20-19-7-5-4-6-17(19)10-13-21(20)32-3/h4-13H,14-15H2,1-3H3,(H,26,29)(H,27,31). The third kappa shape index (κ3) is 3.77. The zero-order valence-corrected chi connectivity index (χ0v) is 18.3. The van der Waals surface area contributed by atoms with Crippen molar-refractivity contribution in [2.45, 2.75) is 25.9 Å². The first-order chi connectivity index (χ1) is 15.3. The van der Waals surface area contributed by atoms with Gasteiger partial charge in [0, 0.05) is 12.1 Å². The number of carbonyl (C=O) groups excluding carboxylic acids is 3. The molecule has 2 N–H and O–H groups in total. The maximum Gasteiger partial charge on any atom is 0.325 e. The molecule has 1 unspecified atom stereocenters. The van der Waals surface area contributed by atoms with Crippen LogP contribution in [0, 0.1) is 6.92 Å². The van der Waals surface area contributed by atoms with Crippen molar-refractivity contribution >= 4 is 28.6 Å². The fourth-order valence-electron chi connectivity index (χ4n) is 4.00. The van der Waals surface area contributed by atoms with Crippen LogP contribution in [0.2, 0.25) is 0 Å². The summed E-state index contributed by atoms with van der Waals surface area (Å²) in [5, 5.41) is 7.54. The predicted molar refractivity (Wildman–Crippen MR) is 121 cm³/mol. The van der Waals surface area contributed by atoms with Crippen molar-refractivity contribution in [2.24, 2.45) is 0 Å². The predicted octanol–water partition coefficient (Wildman–Crippen LogP) is 3.24. The summed E-state index contributed by atoms with van der Waals surface area (Å²) >= 11 is 0. The van der Waals surface area contributed by atoms with Crippen LogP contribution in [0.5, 0.6) is 5.75 Å². The number of hydrogen-bond donors (Lipinski definition) is 2. The molecule has 0 bridgehead atoms. The Morgan fingerprint density at radius 3 is 2.50 bits per heavy atom. The van der Waals surface area contributed by atoms with E-state index in [4.69, 9.17) is 4.74 Å². The van der Waals surface area contributed by atoms with Gasteiger partial charge in [0.25, 0.3) is 5.91 Å². The number of nitrogens with zero attached hydrogens (tertiary/aromatic N) is 1. The first kappa shape index (κ1) is 21.4. The van der Waals surface area contributed by atoms with Gasteiger partial charge in [0.2, 0.25) is 5.91 Å². The van der Waals surface area contributed by atoms with Crippen LogP contribution < -0.4 is 15.4 Å². The second-order valence-corrected chi connectivity index (χ2v) is 8.06. The van der Waals surface area contributed by atoms with Gasteiger partial charge in [-0.1, -0.05) is 60.2 Å². The third-order valence-electron chi connectivity index (χ3n) is 5.89. The largest absolute Gasteiger partial charge is 0.496 e. The number of rotatable bonds is 6. The van der Waals surface area contributed by atoms with E-state index in [0.29, 0.717) is 11.3 Å². The number of nitrogens with one attached hydrogen (secondary N) is 2. The molecule has 0 saturated carbocycles. The van der Waals surface area contributed by atoms with Crippen LogP contribution in [-0.4, -0.2) is 36.4 Å². The number of hydrogen-bond acceptors (Lipinski definition) is 4. The van der Waals surface area contributed by atoms with Gasteiger partial charge in [0.15, 0.2) is 0 Å². The molecule has 1 atom stereocenters. The second kappa shape index (κ2) is 8.34. The number of amides is 4. The lowest BCUT2D eigenvalue weighted by molar-refractivity contribution is -0.134. The molecule has 0 aliphatic carbocycles. The summed E-state index contributed by atoms with van der Waals surface area (Å²) in [5.41, 5.74) is 1.35. The Bertz CT molecular complexity index is 1210. The highest BCUT2D eigenvalue weighted by Gasteiger charge is 2.49. The van der Waals surface area contributed by atoms with Crippen LogP contribution in [0.3, 0.4) is 0 Å². The van der Waals surface area contributed by atoms with Crippen LogP contribution in [0.25, 0.3) is 10.8 Å². The van der Waals surface area contributed by atoms with E-state index in [0.717, 1.165) is 26.8 Å². The number of fused-ring (bicyclic) bond motifs is 1. The van der Waals surface area contributed by atoms with Gasteiger partial charge in [-0.3, -0.25) is 14.5 Å². The van der Waals surface area contributed by atoms with E-state index in [2.05, 4.69) is 10.6 Å². The molecule has 0 radical (unpaired) electrons. The van der Waals surface area contributed by atoms with E-state index in [1.807, 2.05) is 67.6 Å². The minimum atomic E-state index is -1.20. The minimum absolute atomic E-state index is 0.211. The normalized spacial score (nSPS) is 18.0. The van der Waals surface area contributed by atoms with Gasteiger partial charge in [-0.25, -0.2) is 4.79 Å². The smallest absolute Gasteiger partial charge is 0.325 e. The maximum absolute atomic E-state index is 13.1. The molecule has 164 valence electrons. The van der Waals surface area contributed by atoms with Crippen molar-refractivity contribution in [3.05, 3.63) is 77.4 Å². The van der Waals surface area contributed by atoms with E-state index in [1.165, 1.54) is 0 Å². The summed E-state index contributed by atoms with van der Waals surface area (Å²) in [5.74, 6) is -0.230. The molecular formula is C25H25N3O4. The zero-order valence-electron chi connectivity index (χ0n) is 18.3. The highest BCUT2D eigenvalue weighted by molar-refractivity contribution is 6.09. The van der Waals surface area contributed by atoms with Crippen molar-refractivity contribution in [1.82, 2.24) is 15.5 Å². The van der Waals surface area contributed by atoms with Gasteiger partial charge in [-0.05, 0) is 36.2 Å². The first-order valence-corrected chi connectivity index (χ1v) is 10.4. The van der Waals surface area contributed by atoms with Crippen molar-refractivity contribution in [1.29, 1.82) is 0 Å². The lowest BCUT2D eigenvalue weighted by atomic mass is 9.91. The summed E-state index contributed by atoms with van der Waals surface area (Å²) in [7, 11) is 1.58. The molecule has 4 rings (SSSR count). The van der Waals surface area contributed by atoms with Gasteiger partial charge in [-0.15, -0.1) is 0 Å². The number of ether oxygens (including phenoxy) is 1. The molecule has 7 nitrogen and oxygen atoms in total. The Balaban J connectivity index is 1.48. The molecule has 1 aliphatic rings. The summed E-state index contributed by atoms with van der Waals surface area (Å²) in [6.07, 6.45) is 0. The monoisotopic (exact) mass is 431 g/mol. The summed E-state index contributed by atoms with van der Waals surface area (Å²) in [4.78, 5) is 39.2. The molecule has 32 heavy (non-hydrogen) atoms. The van der Waals surface area contributed by atoms with E-state index < -0.39 is 23.4 Å². The number of imide groups is 1. The van der Waals surface area contributed by atoms with Crippen LogP contribution in [-0.2, 0) is 21.7 Å². The first-order valence-electron chi connectivity index (χ1n) is 10.4. The fourth-order valence-corrected chi connectivity index (χ4v) is 4.00. The molecule has 1 saturated heterocycles. The molecule has 4 amide bonds. The van der Waals surface area contributed by atoms with Crippen LogP contribution in [0.15, 0.2) is 60.7 Å². The van der Waals surface area contributed by atoms with Gasteiger partial charge in [-0.2, -0.15) is 0 Å². The Morgan fingerprint density at radius 1 is 1.06 bits per heavy atom. The Morgan fingerprint density at radius 2 is 1.78 bits per heavy atom. The molecule has 0 spiro atoms. The molecule has 7 heteroatoms. The molecule has 1 fully saturated rings. The number of carbonyl (C=O) groups is 3. The fraction of sp³-hybridized carbons (Fsp3) is 0.240. The van der Waals surface area contributed by atoms with E-state index >= 15 is 0 Å². The second-order valence-electron chi connectivity index (χ2n) is 8.06. The summed E-state index contributed by atoms with van der Waals surface area (Å²) in [6, 6.07) is 18.4. The minimum Gasteiger partial charge on any atom is -0.496 e. The van der Waals surface area contributed by atoms with E-state index in [9.17, 15) is 14.4 Å². The number of urea groups is 1. The highest BCUT2D eigenvalue weighted by atomic mass is 16.5. The zero-order chi connectivity index (χ0) is 22.9. The van der Waals surface area contributed by atoms with Crippen LogP contribution >= 0.6 is 0 Å². The lowest BCUT2D eigenvalue weighted by Crippen LogP contribution is -2.43. The molecule has 3 aromatic carbocycles. The van der Waals surface area contributed by atoms with Gasteiger partial charge < -0.3 is 15.4 Å². The average molecular weight is 431 g/mol. The van der Waals surface area contributed by atoms with E-state index in [1.54, 1.807) is 14.0 Å². The number of benzene rings is 3. The molecule has 1 heterocycles. The van der Waals surface area contributed by atoms with Crippen molar-refractivity contribution < 1.29 is 19.1 Å². The van der Waals surface area contributed by atoms with Crippen molar-refractivity contribution in [2.75, 3.05) is 13.7 Å². The molecule has 3 aromatic rings. The van der Waals surface area contributed by atoms with Gasteiger partial charge >= 0.3 is 6.03 Å². The maximum atomic E-state index is 13.1. The van der Waals surface area contributed by atoms with Gasteiger partial charge in [0.05, 0.1) is 7.11 Å². The van der Waals surface area contributed by atoms with Crippen molar-refractivity contribution in [3.8, 4) is 5.75 Å². The van der Waals surface area contributed by atoms with Crippen LogP contribution in [0.4, 0.5) is 4.79 Å².